The highest BCUT2D eigenvalue weighted by Crippen LogP contribution is 2.45. The number of amides is 2. The predicted octanol–water partition coefficient (Wildman–Crippen LogP) is 1.55. The van der Waals surface area contributed by atoms with Gasteiger partial charge < -0.3 is 19.6 Å². The number of rotatable bonds is 2. The van der Waals surface area contributed by atoms with E-state index in [1.807, 2.05) is 9.80 Å². The van der Waals surface area contributed by atoms with Crippen LogP contribution in [0.3, 0.4) is 0 Å². The van der Waals surface area contributed by atoms with E-state index in [2.05, 4.69) is 0 Å². The van der Waals surface area contributed by atoms with Crippen LogP contribution in [0.2, 0.25) is 0 Å². The van der Waals surface area contributed by atoms with Gasteiger partial charge in [0.1, 0.15) is 0 Å². The third kappa shape index (κ3) is 2.28. The molecule has 1 unspecified atom stereocenters. The molecule has 0 aromatic heterocycles. The Kier molecular flexibility index (Phi) is 3.33. The normalized spacial score (nSPS) is 38.2. The first-order chi connectivity index (χ1) is 10.6. The van der Waals surface area contributed by atoms with E-state index in [0.717, 1.165) is 12.8 Å². The molecule has 5 fully saturated rings. The second kappa shape index (κ2) is 5.11. The van der Waals surface area contributed by atoms with Gasteiger partial charge in [-0.25, -0.2) is 4.79 Å². The van der Waals surface area contributed by atoms with Crippen LogP contribution >= 0.6 is 0 Å². The van der Waals surface area contributed by atoms with E-state index in [1.54, 1.807) is 0 Å². The summed E-state index contributed by atoms with van der Waals surface area (Å²) in [7, 11) is 0. The maximum Gasteiger partial charge on any atom is 0.320 e. The van der Waals surface area contributed by atoms with Gasteiger partial charge in [0.15, 0.2) is 0 Å². The number of carbonyl (C=O) groups excluding carboxylic acids is 1. The lowest BCUT2D eigenvalue weighted by molar-refractivity contribution is -0.157. The van der Waals surface area contributed by atoms with Crippen molar-refractivity contribution in [3.63, 3.8) is 0 Å². The molecule has 22 heavy (non-hydrogen) atoms. The minimum atomic E-state index is -0.735. The Bertz CT molecular complexity index is 483. The van der Waals surface area contributed by atoms with Crippen molar-refractivity contribution in [1.82, 2.24) is 9.80 Å². The SMILES string of the molecule is O=C(N1CCOC(C2CC2)C1)N1CC2(C(=O)O)CCC1CC2. The third-order valence-corrected chi connectivity index (χ3v) is 6.04. The molecule has 6 heteroatoms. The minimum absolute atomic E-state index is 0.0315. The summed E-state index contributed by atoms with van der Waals surface area (Å²) in [5.41, 5.74) is -0.702. The summed E-state index contributed by atoms with van der Waals surface area (Å²) < 4.78 is 5.78. The first-order valence-electron chi connectivity index (χ1n) is 8.50. The first-order valence-corrected chi connectivity index (χ1v) is 8.50. The van der Waals surface area contributed by atoms with Crippen molar-refractivity contribution in [2.24, 2.45) is 11.3 Å². The van der Waals surface area contributed by atoms with Crippen LogP contribution in [-0.4, -0.2) is 65.3 Å². The zero-order valence-electron chi connectivity index (χ0n) is 12.9. The summed E-state index contributed by atoms with van der Waals surface area (Å²) in [6.07, 6.45) is 5.69. The Balaban J connectivity index is 1.47. The minimum Gasteiger partial charge on any atom is -0.481 e. The van der Waals surface area contributed by atoms with E-state index in [9.17, 15) is 14.7 Å². The van der Waals surface area contributed by atoms with Crippen LogP contribution in [0.1, 0.15) is 38.5 Å². The smallest absolute Gasteiger partial charge is 0.320 e. The van der Waals surface area contributed by atoms with Crippen LogP contribution in [0, 0.1) is 11.3 Å². The second-order valence-corrected chi connectivity index (χ2v) is 7.42. The number of fused-ring (bicyclic) bond motifs is 3. The van der Waals surface area contributed by atoms with Crippen molar-refractivity contribution in [1.29, 1.82) is 0 Å². The Morgan fingerprint density at radius 1 is 1.14 bits per heavy atom. The van der Waals surface area contributed by atoms with Gasteiger partial charge in [0.25, 0.3) is 0 Å². The molecule has 0 aromatic carbocycles. The number of aliphatic carboxylic acids is 1. The van der Waals surface area contributed by atoms with Crippen LogP contribution in [0.4, 0.5) is 4.79 Å². The molecular weight excluding hydrogens is 284 g/mol. The molecule has 2 bridgehead atoms. The quantitative estimate of drug-likeness (QED) is 0.840. The van der Waals surface area contributed by atoms with Gasteiger partial charge in [-0.15, -0.1) is 0 Å². The molecule has 2 aliphatic carbocycles. The van der Waals surface area contributed by atoms with Crippen molar-refractivity contribution in [3.8, 4) is 0 Å². The monoisotopic (exact) mass is 308 g/mol. The molecule has 2 amide bonds. The van der Waals surface area contributed by atoms with Gasteiger partial charge in [-0.3, -0.25) is 4.79 Å². The average molecular weight is 308 g/mol. The van der Waals surface area contributed by atoms with Crippen molar-refractivity contribution in [2.75, 3.05) is 26.2 Å². The molecule has 5 rings (SSSR count). The Morgan fingerprint density at radius 3 is 2.50 bits per heavy atom. The number of morpholine rings is 1. The fraction of sp³-hybridized carbons (Fsp3) is 0.875. The lowest BCUT2D eigenvalue weighted by Gasteiger charge is -2.51. The molecule has 3 aliphatic heterocycles. The largest absolute Gasteiger partial charge is 0.481 e. The molecule has 5 aliphatic rings. The molecule has 0 spiro atoms. The molecule has 3 saturated heterocycles. The highest BCUT2D eigenvalue weighted by atomic mass is 16.5. The maximum absolute atomic E-state index is 12.9. The summed E-state index contributed by atoms with van der Waals surface area (Å²) in [6, 6.07) is 0.264. The van der Waals surface area contributed by atoms with Crippen LogP contribution in [-0.2, 0) is 9.53 Å². The van der Waals surface area contributed by atoms with Gasteiger partial charge in [0.05, 0.1) is 18.1 Å². The summed E-state index contributed by atoms with van der Waals surface area (Å²) in [5, 5.41) is 9.57. The van der Waals surface area contributed by atoms with Crippen LogP contribution < -0.4 is 0 Å². The lowest BCUT2D eigenvalue weighted by atomic mass is 9.68. The van der Waals surface area contributed by atoms with Gasteiger partial charge in [0.2, 0.25) is 0 Å². The predicted molar refractivity (Wildman–Crippen MR) is 78.5 cm³/mol. The van der Waals surface area contributed by atoms with E-state index in [4.69, 9.17) is 4.74 Å². The molecule has 6 nitrogen and oxygen atoms in total. The van der Waals surface area contributed by atoms with E-state index in [0.29, 0.717) is 45.0 Å². The number of nitrogens with zero attached hydrogens (tertiary/aromatic N) is 2. The summed E-state index contributed by atoms with van der Waals surface area (Å²) in [6.45, 7) is 2.30. The van der Waals surface area contributed by atoms with E-state index < -0.39 is 11.4 Å². The number of urea groups is 1. The van der Waals surface area contributed by atoms with Gasteiger partial charge in [-0.1, -0.05) is 0 Å². The standard InChI is InChI=1S/C16H24N2O4/c19-14(20)16-5-3-12(4-6-16)18(10-16)15(21)17-7-8-22-13(9-17)11-1-2-11/h11-13H,1-10H2,(H,19,20). The number of carbonyl (C=O) groups is 2. The number of carboxylic acid groups (broad SMARTS) is 1. The second-order valence-electron chi connectivity index (χ2n) is 7.42. The van der Waals surface area contributed by atoms with E-state index in [-0.39, 0.29) is 18.2 Å². The van der Waals surface area contributed by atoms with Crippen LogP contribution in [0.25, 0.3) is 0 Å². The Morgan fingerprint density at radius 2 is 1.86 bits per heavy atom. The number of hydrogen-bond acceptors (Lipinski definition) is 3. The van der Waals surface area contributed by atoms with Crippen molar-refractivity contribution < 1.29 is 19.4 Å². The first kappa shape index (κ1) is 14.3. The van der Waals surface area contributed by atoms with Gasteiger partial charge in [-0.05, 0) is 44.4 Å². The van der Waals surface area contributed by atoms with Crippen molar-refractivity contribution >= 4 is 12.0 Å². The molecular formula is C16H24N2O4. The Hall–Kier alpha value is -1.30. The number of carboxylic acids is 1. The van der Waals surface area contributed by atoms with Crippen molar-refractivity contribution in [3.05, 3.63) is 0 Å². The maximum atomic E-state index is 12.9. The molecule has 1 atom stereocenters. The number of ether oxygens (including phenoxy) is 1. The number of hydrogen-bond donors (Lipinski definition) is 1. The highest BCUT2D eigenvalue weighted by Gasteiger charge is 2.52. The highest BCUT2D eigenvalue weighted by molar-refractivity contribution is 5.80. The molecule has 0 radical (unpaired) electrons. The average Bonchev–Trinajstić information content (AvgIpc) is 3.40. The summed E-state index contributed by atoms with van der Waals surface area (Å²) in [5.74, 6) is -0.111. The van der Waals surface area contributed by atoms with Crippen molar-refractivity contribution in [2.45, 2.75) is 50.7 Å². The van der Waals surface area contributed by atoms with Gasteiger partial charge in [0, 0.05) is 25.7 Å². The number of piperidine rings is 2. The zero-order chi connectivity index (χ0) is 15.3. The molecule has 1 N–H and O–H groups in total. The molecule has 0 aromatic rings. The third-order valence-electron chi connectivity index (χ3n) is 6.04. The fourth-order valence-corrected chi connectivity index (χ4v) is 4.37. The van der Waals surface area contributed by atoms with Gasteiger partial charge >= 0.3 is 12.0 Å². The lowest BCUT2D eigenvalue weighted by Crippen LogP contribution is -2.62. The van der Waals surface area contributed by atoms with Gasteiger partial charge in [-0.2, -0.15) is 0 Å². The summed E-state index contributed by atoms with van der Waals surface area (Å²) >= 11 is 0. The van der Waals surface area contributed by atoms with Crippen LogP contribution in [0.5, 0.6) is 0 Å². The molecule has 2 saturated carbocycles. The molecule has 3 heterocycles. The van der Waals surface area contributed by atoms with Crippen LogP contribution in [0.15, 0.2) is 0 Å². The molecule has 122 valence electrons. The Labute approximate surface area is 130 Å². The summed E-state index contributed by atoms with van der Waals surface area (Å²) in [4.78, 5) is 28.3. The van der Waals surface area contributed by atoms with E-state index in [1.165, 1.54) is 12.8 Å². The van der Waals surface area contributed by atoms with E-state index >= 15 is 0 Å². The fourth-order valence-electron chi connectivity index (χ4n) is 4.37. The zero-order valence-corrected chi connectivity index (χ0v) is 12.9. The topological polar surface area (TPSA) is 70.1 Å².